The van der Waals surface area contributed by atoms with Crippen molar-refractivity contribution >= 4 is 32.6 Å². The zero-order valence-electron chi connectivity index (χ0n) is 11.4. The average molecular weight is 338 g/mol. The van der Waals surface area contributed by atoms with Crippen LogP contribution in [0.25, 0.3) is 10.2 Å². The van der Waals surface area contributed by atoms with Crippen molar-refractivity contribution in [2.75, 3.05) is 5.32 Å². The molecule has 118 valence electrons. The molecular weight excluding hydrogens is 329 g/mol. The Labute approximate surface area is 132 Å². The molecule has 0 radical (unpaired) electrons. The minimum Gasteiger partial charge on any atom is -0.507 e. The number of phenols is 1. The van der Waals surface area contributed by atoms with E-state index in [0.717, 1.165) is 23.5 Å². The number of fused-ring (bicyclic) bond motifs is 1. The third-order valence-corrected chi connectivity index (χ3v) is 4.02. The molecule has 2 N–H and O–H groups in total. The van der Waals surface area contributed by atoms with Crippen molar-refractivity contribution < 1.29 is 23.1 Å². The molecule has 0 saturated carbocycles. The van der Waals surface area contributed by atoms with Gasteiger partial charge in [0.05, 0.1) is 21.3 Å². The van der Waals surface area contributed by atoms with E-state index in [4.69, 9.17) is 0 Å². The van der Waals surface area contributed by atoms with E-state index in [2.05, 4.69) is 10.3 Å². The first-order valence-corrected chi connectivity index (χ1v) is 7.23. The van der Waals surface area contributed by atoms with E-state index in [1.807, 2.05) is 0 Å². The molecule has 8 heteroatoms. The van der Waals surface area contributed by atoms with Gasteiger partial charge in [0.15, 0.2) is 5.13 Å². The van der Waals surface area contributed by atoms with Crippen LogP contribution in [0.15, 0.2) is 42.5 Å². The van der Waals surface area contributed by atoms with E-state index < -0.39 is 17.6 Å². The van der Waals surface area contributed by atoms with Crippen molar-refractivity contribution in [3.8, 4) is 5.75 Å². The second-order valence-electron chi connectivity index (χ2n) is 4.67. The lowest BCUT2D eigenvalue weighted by molar-refractivity contribution is -0.137. The van der Waals surface area contributed by atoms with Crippen molar-refractivity contribution in [2.24, 2.45) is 0 Å². The topological polar surface area (TPSA) is 62.2 Å². The number of rotatable bonds is 2. The highest BCUT2D eigenvalue weighted by Gasteiger charge is 2.30. The number of nitrogens with one attached hydrogen (secondary N) is 1. The summed E-state index contributed by atoms with van der Waals surface area (Å²) in [5.74, 6) is -0.774. The van der Waals surface area contributed by atoms with Gasteiger partial charge in [0.2, 0.25) is 0 Å². The van der Waals surface area contributed by atoms with Gasteiger partial charge in [-0.1, -0.05) is 23.5 Å². The molecule has 0 spiro atoms. The van der Waals surface area contributed by atoms with Crippen LogP contribution in [0.4, 0.5) is 18.3 Å². The van der Waals surface area contributed by atoms with Gasteiger partial charge in [0.1, 0.15) is 5.75 Å². The number of hydrogen-bond acceptors (Lipinski definition) is 4. The van der Waals surface area contributed by atoms with Crippen LogP contribution in [0.1, 0.15) is 15.9 Å². The number of halogens is 3. The Morgan fingerprint density at radius 1 is 1.17 bits per heavy atom. The van der Waals surface area contributed by atoms with Gasteiger partial charge < -0.3 is 5.11 Å². The van der Waals surface area contributed by atoms with Gasteiger partial charge in [0.25, 0.3) is 5.91 Å². The Hall–Kier alpha value is -2.61. The smallest absolute Gasteiger partial charge is 0.416 e. The van der Waals surface area contributed by atoms with Crippen LogP contribution in [0.2, 0.25) is 0 Å². The summed E-state index contributed by atoms with van der Waals surface area (Å²) in [5, 5.41) is 12.3. The lowest BCUT2D eigenvalue weighted by Crippen LogP contribution is -2.11. The fourth-order valence-electron chi connectivity index (χ4n) is 1.98. The molecule has 0 bridgehead atoms. The Kier molecular flexibility index (Phi) is 3.69. The molecule has 0 aliphatic carbocycles. The number of aromatic nitrogens is 1. The van der Waals surface area contributed by atoms with Crippen LogP contribution in [0, 0.1) is 0 Å². The number of amides is 1. The molecule has 1 amide bonds. The summed E-state index contributed by atoms with van der Waals surface area (Å²) in [6.07, 6.45) is -4.43. The number of nitrogens with zero attached hydrogens (tertiary/aromatic N) is 1. The molecule has 0 atom stereocenters. The summed E-state index contributed by atoms with van der Waals surface area (Å²) in [4.78, 5) is 16.1. The number of phenolic OH excluding ortho intramolecular Hbond substituents is 1. The maximum Gasteiger partial charge on any atom is 0.416 e. The minimum absolute atomic E-state index is 0.0581. The van der Waals surface area contributed by atoms with Gasteiger partial charge >= 0.3 is 6.18 Å². The molecule has 0 saturated heterocycles. The molecule has 0 aliphatic heterocycles. The Morgan fingerprint density at radius 3 is 2.61 bits per heavy atom. The second-order valence-corrected chi connectivity index (χ2v) is 5.70. The number of aromatic hydroxyl groups is 1. The molecule has 2 aromatic carbocycles. The molecule has 23 heavy (non-hydrogen) atoms. The molecule has 0 aliphatic rings. The van der Waals surface area contributed by atoms with Gasteiger partial charge in [-0.3, -0.25) is 10.1 Å². The third-order valence-electron chi connectivity index (χ3n) is 3.08. The SMILES string of the molecule is O=C(Nc1nc2ccc(C(F)(F)F)cc2s1)c1ccccc1O. The minimum atomic E-state index is -4.43. The van der Waals surface area contributed by atoms with Gasteiger partial charge in [-0.2, -0.15) is 13.2 Å². The van der Waals surface area contributed by atoms with Gasteiger partial charge in [-0.15, -0.1) is 0 Å². The Bertz CT molecular complexity index is 890. The standard InChI is InChI=1S/C15H9F3N2O2S/c16-15(17,18)8-5-6-10-12(7-8)23-14(19-10)20-13(22)9-3-1-2-4-11(9)21/h1-7,21H,(H,19,20,22). The summed E-state index contributed by atoms with van der Waals surface area (Å²) in [6.45, 7) is 0. The zero-order chi connectivity index (χ0) is 16.6. The number of thiazole rings is 1. The van der Waals surface area contributed by atoms with E-state index in [1.54, 1.807) is 12.1 Å². The highest BCUT2D eigenvalue weighted by atomic mass is 32.1. The third kappa shape index (κ3) is 3.11. The predicted molar refractivity (Wildman–Crippen MR) is 80.7 cm³/mol. The zero-order valence-corrected chi connectivity index (χ0v) is 12.2. The number of benzene rings is 2. The van der Waals surface area contributed by atoms with Crippen LogP contribution in [-0.4, -0.2) is 16.0 Å². The van der Waals surface area contributed by atoms with Crippen LogP contribution in [0.5, 0.6) is 5.75 Å². The molecule has 0 fully saturated rings. The first-order valence-electron chi connectivity index (χ1n) is 6.42. The van der Waals surface area contributed by atoms with E-state index >= 15 is 0 Å². The normalized spacial score (nSPS) is 11.6. The van der Waals surface area contributed by atoms with Crippen molar-refractivity contribution in [2.45, 2.75) is 6.18 Å². The molecule has 3 aromatic rings. The maximum absolute atomic E-state index is 12.7. The molecule has 1 aromatic heterocycles. The summed E-state index contributed by atoms with van der Waals surface area (Å²) in [7, 11) is 0. The van der Waals surface area contributed by atoms with Crippen LogP contribution in [0.3, 0.4) is 0 Å². The summed E-state index contributed by atoms with van der Waals surface area (Å²) in [5.41, 5.74) is -0.356. The number of carbonyl (C=O) groups is 1. The van der Waals surface area contributed by atoms with Crippen LogP contribution in [-0.2, 0) is 6.18 Å². The number of alkyl halides is 3. The molecule has 4 nitrogen and oxygen atoms in total. The summed E-state index contributed by atoms with van der Waals surface area (Å²) in [6, 6.07) is 9.14. The van der Waals surface area contributed by atoms with Crippen molar-refractivity contribution in [3.05, 3.63) is 53.6 Å². The number of hydrogen-bond donors (Lipinski definition) is 2. The van der Waals surface area contributed by atoms with Gasteiger partial charge in [-0.25, -0.2) is 4.98 Å². The Morgan fingerprint density at radius 2 is 1.91 bits per heavy atom. The lowest BCUT2D eigenvalue weighted by atomic mass is 10.2. The monoisotopic (exact) mass is 338 g/mol. The van der Waals surface area contributed by atoms with Crippen LogP contribution < -0.4 is 5.32 Å². The first kappa shape index (κ1) is 15.3. The van der Waals surface area contributed by atoms with Gasteiger partial charge in [0, 0.05) is 0 Å². The fourth-order valence-corrected chi connectivity index (χ4v) is 2.88. The highest BCUT2D eigenvalue weighted by Crippen LogP contribution is 2.34. The summed E-state index contributed by atoms with van der Waals surface area (Å²) >= 11 is 0.932. The van der Waals surface area contributed by atoms with Crippen molar-refractivity contribution in [1.29, 1.82) is 0 Å². The van der Waals surface area contributed by atoms with Crippen molar-refractivity contribution in [1.82, 2.24) is 4.98 Å². The van der Waals surface area contributed by atoms with E-state index in [9.17, 15) is 23.1 Å². The maximum atomic E-state index is 12.7. The highest BCUT2D eigenvalue weighted by molar-refractivity contribution is 7.22. The molecular formula is C15H9F3N2O2S. The van der Waals surface area contributed by atoms with E-state index in [0.29, 0.717) is 10.2 Å². The number of carbonyl (C=O) groups excluding carboxylic acids is 1. The van der Waals surface area contributed by atoms with Gasteiger partial charge in [-0.05, 0) is 30.3 Å². The van der Waals surface area contributed by atoms with E-state index in [-0.39, 0.29) is 16.4 Å². The summed E-state index contributed by atoms with van der Waals surface area (Å²) < 4.78 is 38.4. The second kappa shape index (κ2) is 5.54. The predicted octanol–water partition coefficient (Wildman–Crippen LogP) is 4.27. The largest absolute Gasteiger partial charge is 0.507 e. The Balaban J connectivity index is 1.89. The number of anilines is 1. The average Bonchev–Trinajstić information content (AvgIpc) is 2.87. The molecule has 1 heterocycles. The first-order chi connectivity index (χ1) is 10.8. The molecule has 0 unspecified atom stereocenters. The number of para-hydroxylation sites is 1. The van der Waals surface area contributed by atoms with E-state index in [1.165, 1.54) is 18.2 Å². The van der Waals surface area contributed by atoms with Crippen LogP contribution >= 0.6 is 11.3 Å². The fraction of sp³-hybridized carbons (Fsp3) is 0.0667. The lowest BCUT2D eigenvalue weighted by Gasteiger charge is -2.04. The molecule has 3 rings (SSSR count). The quantitative estimate of drug-likeness (QED) is 0.733. The van der Waals surface area contributed by atoms with Crippen molar-refractivity contribution in [3.63, 3.8) is 0 Å².